The molecule has 2 aliphatic heterocycles. The fourth-order valence-electron chi connectivity index (χ4n) is 3.98. The van der Waals surface area contributed by atoms with Gasteiger partial charge in [0.2, 0.25) is 5.91 Å². The van der Waals surface area contributed by atoms with Crippen molar-refractivity contribution in [1.82, 2.24) is 30.0 Å². The van der Waals surface area contributed by atoms with E-state index in [1.54, 1.807) is 46.4 Å². The highest BCUT2D eigenvalue weighted by Crippen LogP contribution is 2.32. The third-order valence-corrected chi connectivity index (χ3v) is 5.47. The number of anilines is 1. The number of fused-ring (bicyclic) bond motifs is 1. The van der Waals surface area contributed by atoms with Crippen molar-refractivity contribution >= 4 is 23.5 Å². The number of imide groups is 1. The molecule has 10 heteroatoms. The molecule has 2 aliphatic rings. The van der Waals surface area contributed by atoms with Crippen molar-refractivity contribution in [1.29, 1.82) is 0 Å². The molecular weight excluding hydrogens is 386 g/mol. The Kier molecular flexibility index (Phi) is 4.12. The van der Waals surface area contributed by atoms with E-state index in [1.165, 1.54) is 4.90 Å². The van der Waals surface area contributed by atoms with Gasteiger partial charge in [-0.25, -0.2) is 9.78 Å². The van der Waals surface area contributed by atoms with Crippen LogP contribution in [0.2, 0.25) is 0 Å². The third-order valence-electron chi connectivity index (χ3n) is 5.47. The molecule has 5 rings (SSSR count). The molecular formula is C20H19N7O3. The zero-order chi connectivity index (χ0) is 20.8. The molecule has 1 unspecified atom stereocenters. The predicted octanol–water partition coefficient (Wildman–Crippen LogP) is 0.987. The summed E-state index contributed by atoms with van der Waals surface area (Å²) in [5.41, 5.74) is 3.93. The summed E-state index contributed by atoms with van der Waals surface area (Å²) in [6.07, 6.45) is 5.39. The SMILES string of the molecule is Cn1cc(C2CN(C(=O)c3ccc(N4CC(=O)NC4=O)cc3)Cc3[nH]cnc32)cn1. The summed E-state index contributed by atoms with van der Waals surface area (Å²) in [5, 5.41) is 6.49. The van der Waals surface area contributed by atoms with E-state index in [9.17, 15) is 14.4 Å². The average Bonchev–Trinajstić information content (AvgIpc) is 3.46. The van der Waals surface area contributed by atoms with Gasteiger partial charge in [0, 0.05) is 42.5 Å². The van der Waals surface area contributed by atoms with E-state index in [1.807, 2.05) is 13.2 Å². The number of hydrogen-bond acceptors (Lipinski definition) is 5. The third kappa shape index (κ3) is 3.02. The number of carbonyl (C=O) groups excluding carboxylic acids is 3. The number of nitrogens with zero attached hydrogens (tertiary/aromatic N) is 5. The highest BCUT2D eigenvalue weighted by Gasteiger charge is 2.33. The Balaban J connectivity index is 1.38. The second-order valence-electron chi connectivity index (χ2n) is 7.44. The van der Waals surface area contributed by atoms with E-state index in [-0.39, 0.29) is 24.3 Å². The van der Waals surface area contributed by atoms with Gasteiger partial charge in [-0.3, -0.25) is 24.5 Å². The first-order valence-corrected chi connectivity index (χ1v) is 9.51. The smallest absolute Gasteiger partial charge is 0.329 e. The molecule has 0 spiro atoms. The van der Waals surface area contributed by atoms with Crippen LogP contribution in [0.1, 0.15) is 33.2 Å². The van der Waals surface area contributed by atoms with E-state index in [2.05, 4.69) is 20.4 Å². The Morgan fingerprint density at radius 3 is 2.63 bits per heavy atom. The number of benzene rings is 1. The van der Waals surface area contributed by atoms with Crippen LogP contribution in [-0.2, 0) is 18.4 Å². The van der Waals surface area contributed by atoms with Gasteiger partial charge in [-0.1, -0.05) is 0 Å². The van der Waals surface area contributed by atoms with Gasteiger partial charge in [-0.2, -0.15) is 5.10 Å². The first-order valence-electron chi connectivity index (χ1n) is 9.51. The molecule has 0 radical (unpaired) electrons. The number of nitrogens with one attached hydrogen (secondary N) is 2. The van der Waals surface area contributed by atoms with Gasteiger partial charge in [-0.05, 0) is 24.3 Å². The fourth-order valence-corrected chi connectivity index (χ4v) is 3.98. The van der Waals surface area contributed by atoms with Crippen molar-refractivity contribution in [3.05, 3.63) is 65.5 Å². The maximum Gasteiger partial charge on any atom is 0.329 e. The zero-order valence-corrected chi connectivity index (χ0v) is 16.2. The van der Waals surface area contributed by atoms with E-state index >= 15 is 0 Å². The van der Waals surface area contributed by atoms with Crippen molar-refractivity contribution in [3.63, 3.8) is 0 Å². The highest BCUT2D eigenvalue weighted by molar-refractivity contribution is 6.12. The van der Waals surface area contributed by atoms with Gasteiger partial charge in [0.1, 0.15) is 6.54 Å². The number of aromatic nitrogens is 4. The first-order chi connectivity index (χ1) is 14.5. The Bertz CT molecular complexity index is 1150. The molecule has 1 aromatic carbocycles. The van der Waals surface area contributed by atoms with Crippen LogP contribution >= 0.6 is 0 Å². The second-order valence-corrected chi connectivity index (χ2v) is 7.44. The average molecular weight is 405 g/mol. The monoisotopic (exact) mass is 405 g/mol. The molecule has 0 aliphatic carbocycles. The lowest BCUT2D eigenvalue weighted by atomic mass is 9.92. The van der Waals surface area contributed by atoms with Crippen LogP contribution in [0.25, 0.3) is 0 Å². The molecule has 30 heavy (non-hydrogen) atoms. The quantitative estimate of drug-likeness (QED) is 0.631. The second kappa shape index (κ2) is 6.83. The Hall–Kier alpha value is -3.95. The van der Waals surface area contributed by atoms with Crippen LogP contribution in [0.5, 0.6) is 0 Å². The molecule has 1 fully saturated rings. The highest BCUT2D eigenvalue weighted by atomic mass is 16.2. The van der Waals surface area contributed by atoms with Crippen LogP contribution in [0, 0.1) is 0 Å². The molecule has 2 aromatic heterocycles. The number of amides is 4. The number of aromatic amines is 1. The minimum atomic E-state index is -0.457. The maximum absolute atomic E-state index is 13.2. The molecule has 4 heterocycles. The normalized spacial score (nSPS) is 18.5. The number of rotatable bonds is 3. The molecule has 1 saturated heterocycles. The molecule has 152 valence electrons. The molecule has 0 bridgehead atoms. The Morgan fingerprint density at radius 1 is 1.17 bits per heavy atom. The summed E-state index contributed by atoms with van der Waals surface area (Å²) in [4.78, 5) is 47.1. The first kappa shape index (κ1) is 18.1. The zero-order valence-electron chi connectivity index (χ0n) is 16.2. The van der Waals surface area contributed by atoms with Crippen LogP contribution < -0.4 is 10.2 Å². The van der Waals surface area contributed by atoms with Gasteiger partial charge >= 0.3 is 6.03 Å². The lowest BCUT2D eigenvalue weighted by Gasteiger charge is -2.31. The number of urea groups is 1. The van der Waals surface area contributed by atoms with E-state index in [0.29, 0.717) is 24.3 Å². The summed E-state index contributed by atoms with van der Waals surface area (Å²) in [5.74, 6) is -0.515. The lowest BCUT2D eigenvalue weighted by Crippen LogP contribution is -2.38. The van der Waals surface area contributed by atoms with Crippen LogP contribution in [0.15, 0.2) is 43.0 Å². The van der Waals surface area contributed by atoms with Gasteiger partial charge in [0.25, 0.3) is 5.91 Å². The van der Waals surface area contributed by atoms with Crippen molar-refractivity contribution in [2.24, 2.45) is 7.05 Å². The summed E-state index contributed by atoms with van der Waals surface area (Å²) >= 11 is 0. The van der Waals surface area contributed by atoms with E-state index < -0.39 is 6.03 Å². The van der Waals surface area contributed by atoms with Crippen molar-refractivity contribution in [2.75, 3.05) is 18.0 Å². The number of aryl methyl sites for hydroxylation is 1. The number of imidazole rings is 1. The van der Waals surface area contributed by atoms with Crippen molar-refractivity contribution in [3.8, 4) is 0 Å². The van der Waals surface area contributed by atoms with E-state index in [4.69, 9.17) is 0 Å². The lowest BCUT2D eigenvalue weighted by molar-refractivity contribution is -0.117. The standard InChI is InChI=1S/C20H19N7O3/c1-25-7-13(6-23-25)15-8-26(9-16-18(15)22-11-21-16)19(29)12-2-4-14(5-3-12)27-10-17(28)24-20(27)30/h2-7,11,15H,8-10H2,1H3,(H,21,22)(H,24,28,30). The summed E-state index contributed by atoms with van der Waals surface area (Å²) in [6.45, 7) is 0.913. The molecule has 0 saturated carbocycles. The predicted molar refractivity (Wildman–Crippen MR) is 106 cm³/mol. The molecule has 4 amide bonds. The fraction of sp³-hybridized carbons (Fsp3) is 0.250. The number of H-pyrrole nitrogens is 1. The van der Waals surface area contributed by atoms with Gasteiger partial charge < -0.3 is 9.88 Å². The minimum Gasteiger partial charge on any atom is -0.347 e. The molecule has 3 aromatic rings. The number of carbonyl (C=O) groups is 3. The van der Waals surface area contributed by atoms with Crippen molar-refractivity contribution < 1.29 is 14.4 Å². The molecule has 2 N–H and O–H groups in total. The van der Waals surface area contributed by atoms with Crippen LogP contribution in [0.4, 0.5) is 10.5 Å². The van der Waals surface area contributed by atoms with Gasteiger partial charge in [0.15, 0.2) is 0 Å². The largest absolute Gasteiger partial charge is 0.347 e. The van der Waals surface area contributed by atoms with Gasteiger partial charge in [-0.15, -0.1) is 0 Å². The Labute approximate surface area is 171 Å². The van der Waals surface area contributed by atoms with Gasteiger partial charge in [0.05, 0.1) is 30.5 Å². The summed E-state index contributed by atoms with van der Waals surface area (Å²) in [6, 6.07) is 6.25. The van der Waals surface area contributed by atoms with Crippen LogP contribution in [-0.4, -0.2) is 55.6 Å². The molecule has 1 atom stereocenters. The topological polar surface area (TPSA) is 116 Å². The minimum absolute atomic E-state index is 0.0202. The summed E-state index contributed by atoms with van der Waals surface area (Å²) in [7, 11) is 1.86. The van der Waals surface area contributed by atoms with Crippen molar-refractivity contribution in [2.45, 2.75) is 12.5 Å². The molecule has 10 nitrogen and oxygen atoms in total. The Morgan fingerprint density at radius 2 is 1.97 bits per heavy atom. The van der Waals surface area contributed by atoms with E-state index in [0.717, 1.165) is 17.0 Å². The summed E-state index contributed by atoms with van der Waals surface area (Å²) < 4.78 is 1.74. The maximum atomic E-state index is 13.2. The number of hydrogen-bond donors (Lipinski definition) is 2. The van der Waals surface area contributed by atoms with Crippen LogP contribution in [0.3, 0.4) is 0 Å².